The molecule has 0 fully saturated rings. The second-order valence-corrected chi connectivity index (χ2v) is 10.1. The molecule has 6 aromatic carbocycles. The van der Waals surface area contributed by atoms with Crippen molar-refractivity contribution in [1.82, 2.24) is 0 Å². The van der Waals surface area contributed by atoms with E-state index in [1.54, 1.807) is 0 Å². The normalized spacial score (nSPS) is 11.3. The molecule has 0 unspecified atom stereocenters. The molecule has 1 heterocycles. The van der Waals surface area contributed by atoms with Crippen molar-refractivity contribution in [2.24, 2.45) is 0 Å². The second kappa shape index (κ2) is 8.67. The lowest BCUT2D eigenvalue weighted by molar-refractivity contribution is 1.29. The fourth-order valence-corrected chi connectivity index (χ4v) is 6.34. The zero-order valence-corrected chi connectivity index (χ0v) is 20.5. The maximum Gasteiger partial charge on any atom is 0.0546 e. The molecule has 0 saturated carbocycles. The van der Waals surface area contributed by atoms with E-state index in [1.165, 1.54) is 47.8 Å². The van der Waals surface area contributed by atoms with Crippen LogP contribution in [-0.2, 0) is 0 Å². The number of hydrogen-bond donors (Lipinski definition) is 0. The highest BCUT2D eigenvalue weighted by atomic mass is 32.1. The van der Waals surface area contributed by atoms with Crippen LogP contribution in [0.3, 0.4) is 0 Å². The number of para-hydroxylation sites is 2. The lowest BCUT2D eigenvalue weighted by atomic mass is 9.94. The first-order valence-electron chi connectivity index (χ1n) is 12.2. The smallest absolute Gasteiger partial charge is 0.0546 e. The molecule has 0 aliphatic carbocycles. The van der Waals surface area contributed by atoms with Crippen molar-refractivity contribution in [3.63, 3.8) is 0 Å². The van der Waals surface area contributed by atoms with Crippen LogP contribution in [0.2, 0.25) is 0 Å². The summed E-state index contributed by atoms with van der Waals surface area (Å²) < 4.78 is 2.64. The van der Waals surface area contributed by atoms with Gasteiger partial charge in [0.25, 0.3) is 0 Å². The van der Waals surface area contributed by atoms with Gasteiger partial charge in [0, 0.05) is 37.1 Å². The van der Waals surface area contributed by atoms with Crippen molar-refractivity contribution in [3.05, 3.63) is 140 Å². The number of hydrogen-bond acceptors (Lipinski definition) is 2. The first kappa shape index (κ1) is 20.9. The number of thiophene rings is 1. The number of fused-ring (bicyclic) bond motifs is 4. The van der Waals surface area contributed by atoms with E-state index in [1.807, 2.05) is 11.3 Å². The summed E-state index contributed by atoms with van der Waals surface area (Å²) in [6, 6.07) is 50.2. The molecule has 0 radical (unpaired) electrons. The Morgan fingerprint density at radius 1 is 0.444 bits per heavy atom. The van der Waals surface area contributed by atoms with E-state index in [0.29, 0.717) is 0 Å². The van der Waals surface area contributed by atoms with Gasteiger partial charge in [-0.1, -0.05) is 91.0 Å². The maximum absolute atomic E-state index is 2.38. The van der Waals surface area contributed by atoms with Gasteiger partial charge in [0.2, 0.25) is 0 Å². The molecule has 0 aliphatic heterocycles. The van der Waals surface area contributed by atoms with Gasteiger partial charge < -0.3 is 4.90 Å². The Morgan fingerprint density at radius 3 is 1.75 bits per heavy atom. The number of rotatable bonds is 4. The van der Waals surface area contributed by atoms with Crippen molar-refractivity contribution in [1.29, 1.82) is 0 Å². The molecule has 0 spiro atoms. The van der Waals surface area contributed by atoms with E-state index in [4.69, 9.17) is 0 Å². The van der Waals surface area contributed by atoms with Crippen LogP contribution in [0.5, 0.6) is 0 Å². The predicted molar refractivity (Wildman–Crippen MR) is 157 cm³/mol. The third-order valence-electron chi connectivity index (χ3n) is 6.83. The molecular formula is C34H23NS. The first-order chi connectivity index (χ1) is 17.9. The van der Waals surface area contributed by atoms with Gasteiger partial charge in [-0.05, 0) is 64.9 Å². The van der Waals surface area contributed by atoms with Crippen LogP contribution < -0.4 is 4.90 Å². The SMILES string of the molecule is c1ccc(N(c2ccccc2)c2cc3ccccc3cc2-c2cccc3sc4ccccc4c23)cc1. The minimum atomic E-state index is 1.14. The Kier molecular flexibility index (Phi) is 5.04. The molecule has 1 aromatic heterocycles. The Bertz CT molecular complexity index is 1790. The van der Waals surface area contributed by atoms with Crippen molar-refractivity contribution < 1.29 is 0 Å². The fourth-order valence-electron chi connectivity index (χ4n) is 5.21. The zero-order chi connectivity index (χ0) is 23.9. The lowest BCUT2D eigenvalue weighted by Gasteiger charge is -2.28. The quantitative estimate of drug-likeness (QED) is 0.244. The van der Waals surface area contributed by atoms with E-state index in [0.717, 1.165) is 11.4 Å². The largest absolute Gasteiger partial charge is 0.310 e. The minimum absolute atomic E-state index is 1.14. The summed E-state index contributed by atoms with van der Waals surface area (Å²) in [5.41, 5.74) is 5.96. The van der Waals surface area contributed by atoms with Crippen molar-refractivity contribution in [2.45, 2.75) is 0 Å². The van der Waals surface area contributed by atoms with Gasteiger partial charge in [-0.15, -0.1) is 11.3 Å². The standard InChI is InChI=1S/C34H23NS/c1-3-14-26(15-4-1)35(27-16-5-2-6-17-27)31-23-25-13-8-7-12-24(25)22-30(31)28-19-11-21-33-34(28)29-18-9-10-20-32(29)36-33/h1-23H. The van der Waals surface area contributed by atoms with Gasteiger partial charge in [0.1, 0.15) is 0 Å². The minimum Gasteiger partial charge on any atom is -0.310 e. The molecule has 1 nitrogen and oxygen atoms in total. The molecule has 0 atom stereocenters. The molecule has 0 amide bonds. The summed E-state index contributed by atoms with van der Waals surface area (Å²) in [6.07, 6.45) is 0. The summed E-state index contributed by atoms with van der Waals surface area (Å²) >= 11 is 1.87. The monoisotopic (exact) mass is 477 g/mol. The molecule has 2 heteroatoms. The van der Waals surface area contributed by atoms with Crippen molar-refractivity contribution in [2.75, 3.05) is 4.90 Å². The van der Waals surface area contributed by atoms with Crippen LogP contribution in [0.25, 0.3) is 42.1 Å². The third kappa shape index (κ3) is 3.46. The first-order valence-corrected chi connectivity index (χ1v) is 13.0. The summed E-state index contributed by atoms with van der Waals surface area (Å²) in [4.78, 5) is 2.38. The van der Waals surface area contributed by atoms with E-state index < -0.39 is 0 Å². The molecule has 0 saturated heterocycles. The summed E-state index contributed by atoms with van der Waals surface area (Å²) in [6.45, 7) is 0. The van der Waals surface area contributed by atoms with Crippen LogP contribution in [0.15, 0.2) is 140 Å². The Balaban J connectivity index is 1.60. The molecular weight excluding hydrogens is 454 g/mol. The molecule has 0 bridgehead atoms. The van der Waals surface area contributed by atoms with Crippen LogP contribution >= 0.6 is 11.3 Å². The van der Waals surface area contributed by atoms with Crippen LogP contribution in [-0.4, -0.2) is 0 Å². The fraction of sp³-hybridized carbons (Fsp3) is 0. The molecule has 0 aliphatic rings. The van der Waals surface area contributed by atoms with E-state index >= 15 is 0 Å². The van der Waals surface area contributed by atoms with Gasteiger partial charge in [0.15, 0.2) is 0 Å². The highest BCUT2D eigenvalue weighted by Gasteiger charge is 2.20. The van der Waals surface area contributed by atoms with Gasteiger partial charge in [-0.2, -0.15) is 0 Å². The molecule has 36 heavy (non-hydrogen) atoms. The van der Waals surface area contributed by atoms with E-state index in [9.17, 15) is 0 Å². The molecule has 7 aromatic rings. The topological polar surface area (TPSA) is 3.24 Å². The average molecular weight is 478 g/mol. The third-order valence-corrected chi connectivity index (χ3v) is 7.96. The number of anilines is 3. The van der Waals surface area contributed by atoms with Crippen LogP contribution in [0.1, 0.15) is 0 Å². The molecule has 0 N–H and O–H groups in total. The van der Waals surface area contributed by atoms with Gasteiger partial charge in [-0.25, -0.2) is 0 Å². The molecule has 170 valence electrons. The van der Waals surface area contributed by atoms with E-state index in [2.05, 4.69) is 144 Å². The Labute approximate surface area is 214 Å². The summed E-state index contributed by atoms with van der Waals surface area (Å²) in [7, 11) is 0. The van der Waals surface area contributed by atoms with Gasteiger partial charge in [0.05, 0.1) is 5.69 Å². The van der Waals surface area contributed by atoms with Crippen LogP contribution in [0.4, 0.5) is 17.1 Å². The van der Waals surface area contributed by atoms with Gasteiger partial charge in [-0.3, -0.25) is 0 Å². The van der Waals surface area contributed by atoms with Crippen molar-refractivity contribution in [3.8, 4) is 11.1 Å². The summed E-state index contributed by atoms with van der Waals surface area (Å²) in [5.74, 6) is 0. The lowest BCUT2D eigenvalue weighted by Crippen LogP contribution is -2.11. The van der Waals surface area contributed by atoms with Crippen molar-refractivity contribution >= 4 is 59.3 Å². The Hall–Kier alpha value is -4.40. The summed E-state index contributed by atoms with van der Waals surface area (Å²) in [5, 5.41) is 5.12. The highest BCUT2D eigenvalue weighted by molar-refractivity contribution is 7.25. The zero-order valence-electron chi connectivity index (χ0n) is 19.6. The second-order valence-electron chi connectivity index (χ2n) is 9.00. The average Bonchev–Trinajstić information content (AvgIpc) is 3.33. The van der Waals surface area contributed by atoms with Crippen LogP contribution in [0, 0.1) is 0 Å². The predicted octanol–water partition coefficient (Wildman–Crippen LogP) is 10.3. The Morgan fingerprint density at radius 2 is 1.03 bits per heavy atom. The number of nitrogens with zero attached hydrogens (tertiary/aromatic N) is 1. The number of benzene rings is 6. The molecule has 7 rings (SSSR count). The highest BCUT2D eigenvalue weighted by Crippen LogP contribution is 2.47. The maximum atomic E-state index is 2.38. The van der Waals surface area contributed by atoms with E-state index in [-0.39, 0.29) is 0 Å². The van der Waals surface area contributed by atoms with Gasteiger partial charge >= 0.3 is 0 Å².